The van der Waals surface area contributed by atoms with Gasteiger partial charge in [-0.1, -0.05) is 11.6 Å². The third kappa shape index (κ3) is 3.11. The van der Waals surface area contributed by atoms with Gasteiger partial charge in [0.05, 0.1) is 23.4 Å². The average molecular weight is 271 g/mol. The maximum Gasteiger partial charge on any atom is 0.140 e. The van der Waals surface area contributed by atoms with Crippen molar-refractivity contribution in [2.24, 2.45) is 5.84 Å². The van der Waals surface area contributed by atoms with Crippen molar-refractivity contribution in [3.8, 4) is 0 Å². The fourth-order valence-electron chi connectivity index (χ4n) is 2.06. The number of halogens is 1. The summed E-state index contributed by atoms with van der Waals surface area (Å²) < 4.78 is 5.61. The van der Waals surface area contributed by atoms with E-state index in [2.05, 4.69) is 29.2 Å². The van der Waals surface area contributed by atoms with Gasteiger partial charge in [0, 0.05) is 19.1 Å². The zero-order chi connectivity index (χ0) is 13.1. The summed E-state index contributed by atoms with van der Waals surface area (Å²) in [6.07, 6.45) is 0.246. The molecule has 5 nitrogen and oxygen atoms in total. The van der Waals surface area contributed by atoms with Gasteiger partial charge in [-0.25, -0.2) is 10.8 Å². The standard InChI is InChI=1S/C12H19ClN4O/c1-8-7-18-9(2)5-17(8)6-11-10(13)3-4-12(15-11)16-14/h3-4,8-9H,5-7,14H2,1-2H3,(H,15,16). The fourth-order valence-corrected chi connectivity index (χ4v) is 2.23. The fraction of sp³-hybridized carbons (Fsp3) is 0.583. The molecule has 100 valence electrons. The Morgan fingerprint density at radius 1 is 1.56 bits per heavy atom. The minimum absolute atomic E-state index is 0.246. The molecule has 1 aromatic heterocycles. The second-order valence-electron chi connectivity index (χ2n) is 4.69. The number of hydrogen-bond donors (Lipinski definition) is 2. The van der Waals surface area contributed by atoms with Gasteiger partial charge in [0.1, 0.15) is 5.82 Å². The number of nitrogens with two attached hydrogens (primary N) is 1. The monoisotopic (exact) mass is 270 g/mol. The van der Waals surface area contributed by atoms with Crippen LogP contribution in [0.2, 0.25) is 5.02 Å². The lowest BCUT2D eigenvalue weighted by molar-refractivity contribution is -0.0530. The molecule has 18 heavy (non-hydrogen) atoms. The quantitative estimate of drug-likeness (QED) is 0.646. The van der Waals surface area contributed by atoms with Crippen LogP contribution in [-0.2, 0) is 11.3 Å². The highest BCUT2D eigenvalue weighted by atomic mass is 35.5. The van der Waals surface area contributed by atoms with E-state index in [4.69, 9.17) is 22.2 Å². The largest absolute Gasteiger partial charge is 0.376 e. The molecule has 1 aliphatic heterocycles. The highest BCUT2D eigenvalue weighted by Crippen LogP contribution is 2.21. The predicted octanol–water partition coefficient (Wildman–Crippen LogP) is 1.63. The summed E-state index contributed by atoms with van der Waals surface area (Å²) in [5.41, 5.74) is 3.38. The Balaban J connectivity index is 2.12. The first-order chi connectivity index (χ1) is 8.60. The van der Waals surface area contributed by atoms with Crippen LogP contribution < -0.4 is 11.3 Å². The van der Waals surface area contributed by atoms with Gasteiger partial charge in [-0.05, 0) is 26.0 Å². The summed E-state index contributed by atoms with van der Waals surface area (Å²) in [6.45, 7) is 6.56. The van der Waals surface area contributed by atoms with Gasteiger partial charge in [-0.3, -0.25) is 4.90 Å². The first kappa shape index (κ1) is 13.5. The maximum absolute atomic E-state index is 6.17. The lowest BCUT2D eigenvalue weighted by Crippen LogP contribution is -2.46. The van der Waals surface area contributed by atoms with E-state index >= 15 is 0 Å². The topological polar surface area (TPSA) is 63.4 Å². The van der Waals surface area contributed by atoms with Crippen molar-refractivity contribution in [1.29, 1.82) is 0 Å². The van der Waals surface area contributed by atoms with Gasteiger partial charge in [-0.2, -0.15) is 0 Å². The Labute approximate surface area is 112 Å². The van der Waals surface area contributed by atoms with Crippen LogP contribution >= 0.6 is 11.6 Å². The average Bonchev–Trinajstić information content (AvgIpc) is 2.36. The summed E-state index contributed by atoms with van der Waals surface area (Å²) in [5, 5.41) is 0.667. The predicted molar refractivity (Wildman–Crippen MR) is 72.3 cm³/mol. The van der Waals surface area contributed by atoms with Gasteiger partial charge < -0.3 is 10.2 Å². The Hall–Kier alpha value is -0.880. The van der Waals surface area contributed by atoms with E-state index in [0.717, 1.165) is 18.8 Å². The molecule has 2 atom stereocenters. The van der Waals surface area contributed by atoms with Crippen molar-refractivity contribution in [2.75, 3.05) is 18.6 Å². The van der Waals surface area contributed by atoms with Gasteiger partial charge in [0.25, 0.3) is 0 Å². The number of morpholine rings is 1. The van der Waals surface area contributed by atoms with Crippen LogP contribution in [0, 0.1) is 0 Å². The lowest BCUT2D eigenvalue weighted by atomic mass is 10.2. The molecule has 6 heteroatoms. The van der Waals surface area contributed by atoms with E-state index in [-0.39, 0.29) is 6.10 Å². The number of aromatic nitrogens is 1. The number of pyridine rings is 1. The minimum Gasteiger partial charge on any atom is -0.376 e. The maximum atomic E-state index is 6.17. The first-order valence-corrected chi connectivity index (χ1v) is 6.45. The third-order valence-corrected chi connectivity index (χ3v) is 3.50. The molecule has 1 fully saturated rings. The molecule has 0 amide bonds. The summed E-state index contributed by atoms with van der Waals surface area (Å²) >= 11 is 6.17. The molecule has 0 aliphatic carbocycles. The number of rotatable bonds is 3. The number of nitrogens with one attached hydrogen (secondary N) is 1. The van der Waals surface area contributed by atoms with Crippen molar-refractivity contribution < 1.29 is 4.74 Å². The molecule has 1 aromatic rings. The molecule has 1 aliphatic rings. The Bertz CT molecular complexity index is 415. The normalized spacial score (nSPS) is 25.1. The molecule has 0 bridgehead atoms. The molecule has 1 saturated heterocycles. The van der Waals surface area contributed by atoms with Crippen LogP contribution in [0.3, 0.4) is 0 Å². The molecule has 2 rings (SSSR count). The minimum atomic E-state index is 0.246. The smallest absolute Gasteiger partial charge is 0.140 e. The van der Waals surface area contributed by atoms with E-state index < -0.39 is 0 Å². The van der Waals surface area contributed by atoms with Crippen LogP contribution in [0.5, 0.6) is 0 Å². The lowest BCUT2D eigenvalue weighted by Gasteiger charge is -2.36. The molecule has 2 unspecified atom stereocenters. The number of hydrogen-bond acceptors (Lipinski definition) is 5. The summed E-state index contributed by atoms with van der Waals surface area (Å²) in [5.74, 6) is 5.99. The number of hydrazine groups is 1. The van der Waals surface area contributed by atoms with Crippen molar-refractivity contribution in [2.45, 2.75) is 32.5 Å². The van der Waals surface area contributed by atoms with Crippen LogP contribution in [0.25, 0.3) is 0 Å². The van der Waals surface area contributed by atoms with Crippen LogP contribution in [-0.4, -0.2) is 35.2 Å². The third-order valence-electron chi connectivity index (χ3n) is 3.16. The number of nitrogen functional groups attached to an aromatic ring is 1. The van der Waals surface area contributed by atoms with E-state index in [0.29, 0.717) is 23.4 Å². The second-order valence-corrected chi connectivity index (χ2v) is 5.10. The number of anilines is 1. The van der Waals surface area contributed by atoms with Gasteiger partial charge >= 0.3 is 0 Å². The summed E-state index contributed by atoms with van der Waals surface area (Å²) in [6, 6.07) is 3.94. The molecular weight excluding hydrogens is 252 g/mol. The molecule has 0 saturated carbocycles. The van der Waals surface area contributed by atoms with Crippen molar-refractivity contribution >= 4 is 17.4 Å². The summed E-state index contributed by atoms with van der Waals surface area (Å²) in [4.78, 5) is 6.72. The molecule has 0 radical (unpaired) electrons. The molecule has 0 aromatic carbocycles. The zero-order valence-corrected chi connectivity index (χ0v) is 11.4. The Kier molecular flexibility index (Phi) is 4.40. The Morgan fingerprint density at radius 2 is 2.33 bits per heavy atom. The zero-order valence-electron chi connectivity index (χ0n) is 10.7. The van der Waals surface area contributed by atoms with Gasteiger partial charge in [0.15, 0.2) is 0 Å². The highest BCUT2D eigenvalue weighted by molar-refractivity contribution is 6.31. The van der Waals surface area contributed by atoms with E-state index in [1.54, 1.807) is 6.07 Å². The van der Waals surface area contributed by atoms with Gasteiger partial charge in [0.2, 0.25) is 0 Å². The van der Waals surface area contributed by atoms with E-state index in [9.17, 15) is 0 Å². The van der Waals surface area contributed by atoms with E-state index in [1.165, 1.54) is 0 Å². The second kappa shape index (κ2) is 5.84. The van der Waals surface area contributed by atoms with Crippen molar-refractivity contribution in [3.63, 3.8) is 0 Å². The van der Waals surface area contributed by atoms with Crippen molar-refractivity contribution in [1.82, 2.24) is 9.88 Å². The van der Waals surface area contributed by atoms with Crippen LogP contribution in [0.1, 0.15) is 19.5 Å². The summed E-state index contributed by atoms with van der Waals surface area (Å²) in [7, 11) is 0. The molecule has 2 heterocycles. The van der Waals surface area contributed by atoms with Crippen LogP contribution in [0.4, 0.5) is 5.82 Å². The van der Waals surface area contributed by atoms with E-state index in [1.807, 2.05) is 6.07 Å². The number of ether oxygens (including phenoxy) is 1. The highest BCUT2D eigenvalue weighted by Gasteiger charge is 2.24. The number of nitrogens with zero attached hydrogens (tertiary/aromatic N) is 2. The van der Waals surface area contributed by atoms with Gasteiger partial charge in [-0.15, -0.1) is 0 Å². The molecule has 0 spiro atoms. The first-order valence-electron chi connectivity index (χ1n) is 6.08. The molecular formula is C12H19ClN4O. The SMILES string of the molecule is CC1CN(Cc2nc(NN)ccc2Cl)C(C)CO1. The van der Waals surface area contributed by atoms with Crippen molar-refractivity contribution in [3.05, 3.63) is 22.8 Å². The van der Waals surface area contributed by atoms with Crippen LogP contribution in [0.15, 0.2) is 12.1 Å². The molecule has 3 N–H and O–H groups in total. The Morgan fingerprint density at radius 3 is 3.06 bits per heavy atom.